The Morgan fingerprint density at radius 1 is 1.25 bits per heavy atom. The van der Waals surface area contributed by atoms with Gasteiger partial charge in [-0.1, -0.05) is 18.2 Å². The fourth-order valence-electron chi connectivity index (χ4n) is 3.80. The van der Waals surface area contributed by atoms with Crippen molar-refractivity contribution in [2.75, 3.05) is 19.6 Å². The molecule has 3 heteroatoms. The van der Waals surface area contributed by atoms with Crippen molar-refractivity contribution >= 4 is 21.4 Å². The molecule has 1 N–H and O–H groups in total. The molecule has 2 saturated heterocycles. The zero-order chi connectivity index (χ0) is 13.4. The topological polar surface area (TPSA) is 15.3 Å². The minimum Gasteiger partial charge on any atom is -0.314 e. The average molecular weight is 286 g/mol. The first-order valence-corrected chi connectivity index (χ1v) is 8.63. The molecular formula is C17H22N2S. The number of hydrogen-bond acceptors (Lipinski definition) is 3. The van der Waals surface area contributed by atoms with Crippen molar-refractivity contribution in [1.82, 2.24) is 10.2 Å². The number of nitrogens with zero attached hydrogens (tertiary/aromatic N) is 1. The van der Waals surface area contributed by atoms with E-state index in [1.807, 2.05) is 11.3 Å². The van der Waals surface area contributed by atoms with Gasteiger partial charge in [0, 0.05) is 35.3 Å². The zero-order valence-electron chi connectivity index (χ0n) is 11.8. The van der Waals surface area contributed by atoms with Crippen LogP contribution in [0.25, 0.3) is 10.1 Å². The van der Waals surface area contributed by atoms with Gasteiger partial charge >= 0.3 is 0 Å². The van der Waals surface area contributed by atoms with Crippen LogP contribution in [-0.2, 0) is 6.54 Å². The Labute approximate surface area is 124 Å². The van der Waals surface area contributed by atoms with E-state index in [0.29, 0.717) is 0 Å². The summed E-state index contributed by atoms with van der Waals surface area (Å²) in [6.45, 7) is 4.91. The van der Waals surface area contributed by atoms with E-state index in [9.17, 15) is 0 Å². The molecule has 0 unspecified atom stereocenters. The Balaban J connectivity index is 1.46. The van der Waals surface area contributed by atoms with Gasteiger partial charge in [-0.15, -0.1) is 11.3 Å². The molecule has 4 rings (SSSR count). The van der Waals surface area contributed by atoms with Crippen LogP contribution in [0.3, 0.4) is 0 Å². The third-order valence-electron chi connectivity index (χ3n) is 4.83. The highest BCUT2D eigenvalue weighted by Crippen LogP contribution is 2.29. The maximum absolute atomic E-state index is 3.70. The fourth-order valence-corrected chi connectivity index (χ4v) is 4.91. The van der Waals surface area contributed by atoms with E-state index in [2.05, 4.69) is 40.5 Å². The van der Waals surface area contributed by atoms with Crippen LogP contribution >= 0.6 is 11.3 Å². The third kappa shape index (κ3) is 2.50. The molecule has 1 aromatic heterocycles. The first kappa shape index (κ1) is 12.8. The predicted octanol–water partition coefficient (Wildman–Crippen LogP) is 3.48. The van der Waals surface area contributed by atoms with Gasteiger partial charge < -0.3 is 5.32 Å². The Hall–Kier alpha value is -0.900. The van der Waals surface area contributed by atoms with Crippen LogP contribution in [0, 0.1) is 5.92 Å². The van der Waals surface area contributed by atoms with Gasteiger partial charge in [0.05, 0.1) is 0 Å². The van der Waals surface area contributed by atoms with Gasteiger partial charge in [0.25, 0.3) is 0 Å². The number of rotatable bonds is 2. The van der Waals surface area contributed by atoms with Gasteiger partial charge in [0.15, 0.2) is 0 Å². The zero-order valence-corrected chi connectivity index (χ0v) is 12.7. The van der Waals surface area contributed by atoms with Gasteiger partial charge in [-0.3, -0.25) is 4.90 Å². The minimum atomic E-state index is 0.794. The van der Waals surface area contributed by atoms with Crippen molar-refractivity contribution < 1.29 is 0 Å². The monoisotopic (exact) mass is 286 g/mol. The van der Waals surface area contributed by atoms with Crippen LogP contribution in [0.4, 0.5) is 0 Å². The first-order chi connectivity index (χ1) is 9.88. The van der Waals surface area contributed by atoms with Crippen LogP contribution in [0.1, 0.15) is 24.1 Å². The standard InChI is InChI=1S/C17H22N2S/c1-2-6-17-13(4-1)10-15(20-17)12-19-9-7-16-14(11-19)5-3-8-18-16/h1-2,4,6,10,14,16,18H,3,5,7-9,11-12H2/t14-,16+/m1/s1. The predicted molar refractivity (Wildman–Crippen MR) is 86.2 cm³/mol. The van der Waals surface area contributed by atoms with Crippen LogP contribution in [0.5, 0.6) is 0 Å². The van der Waals surface area contributed by atoms with Crippen molar-refractivity contribution in [1.29, 1.82) is 0 Å². The van der Waals surface area contributed by atoms with Crippen molar-refractivity contribution in [3.8, 4) is 0 Å². The molecule has 0 bridgehead atoms. The van der Waals surface area contributed by atoms with Crippen LogP contribution in [-0.4, -0.2) is 30.6 Å². The number of nitrogens with one attached hydrogen (secondary N) is 1. The van der Waals surface area contributed by atoms with Crippen molar-refractivity contribution in [3.63, 3.8) is 0 Å². The molecule has 2 aliphatic heterocycles. The van der Waals surface area contributed by atoms with Crippen LogP contribution < -0.4 is 5.32 Å². The Bertz CT molecular complexity index is 558. The maximum atomic E-state index is 3.70. The van der Waals surface area contributed by atoms with Crippen LogP contribution in [0.15, 0.2) is 30.3 Å². The molecule has 0 radical (unpaired) electrons. The molecule has 0 aliphatic carbocycles. The summed E-state index contributed by atoms with van der Waals surface area (Å²) in [5.41, 5.74) is 0. The lowest BCUT2D eigenvalue weighted by Crippen LogP contribution is -2.51. The molecule has 0 spiro atoms. The van der Waals surface area contributed by atoms with E-state index >= 15 is 0 Å². The highest BCUT2D eigenvalue weighted by atomic mass is 32.1. The quantitative estimate of drug-likeness (QED) is 0.909. The summed E-state index contributed by atoms with van der Waals surface area (Å²) in [6, 6.07) is 11.9. The fraction of sp³-hybridized carbons (Fsp3) is 0.529. The summed E-state index contributed by atoms with van der Waals surface area (Å²) >= 11 is 1.96. The molecule has 1 aromatic carbocycles. The van der Waals surface area contributed by atoms with E-state index in [1.54, 1.807) is 0 Å². The summed E-state index contributed by atoms with van der Waals surface area (Å²) in [5.74, 6) is 0.881. The van der Waals surface area contributed by atoms with Crippen molar-refractivity contribution in [3.05, 3.63) is 35.2 Å². The second kappa shape index (κ2) is 5.47. The Morgan fingerprint density at radius 3 is 3.15 bits per heavy atom. The summed E-state index contributed by atoms with van der Waals surface area (Å²) in [7, 11) is 0. The molecule has 2 nitrogen and oxygen atoms in total. The lowest BCUT2D eigenvalue weighted by Gasteiger charge is -2.41. The molecule has 0 amide bonds. The highest BCUT2D eigenvalue weighted by Gasteiger charge is 2.30. The van der Waals surface area contributed by atoms with Gasteiger partial charge in [0.2, 0.25) is 0 Å². The van der Waals surface area contributed by atoms with Gasteiger partial charge in [-0.2, -0.15) is 0 Å². The molecule has 106 valence electrons. The van der Waals surface area contributed by atoms with E-state index in [4.69, 9.17) is 0 Å². The average Bonchev–Trinajstić information content (AvgIpc) is 2.89. The minimum absolute atomic E-state index is 0.794. The summed E-state index contributed by atoms with van der Waals surface area (Å²) in [4.78, 5) is 4.19. The lowest BCUT2D eigenvalue weighted by atomic mass is 9.85. The molecule has 0 saturated carbocycles. The molecular weight excluding hydrogens is 264 g/mol. The Kier molecular flexibility index (Phi) is 3.51. The summed E-state index contributed by atoms with van der Waals surface area (Å²) < 4.78 is 1.43. The highest BCUT2D eigenvalue weighted by molar-refractivity contribution is 7.19. The second-order valence-electron chi connectivity index (χ2n) is 6.24. The number of thiophene rings is 1. The van der Waals surface area contributed by atoms with Crippen molar-refractivity contribution in [2.45, 2.75) is 31.8 Å². The van der Waals surface area contributed by atoms with E-state index in [-0.39, 0.29) is 0 Å². The third-order valence-corrected chi connectivity index (χ3v) is 5.93. The SMILES string of the molecule is c1ccc2sc(CN3CC[C@@H]4NCCC[C@@H]4C3)cc2c1. The maximum Gasteiger partial charge on any atom is 0.0346 e. The van der Waals surface area contributed by atoms with E-state index in [1.165, 1.54) is 53.9 Å². The van der Waals surface area contributed by atoms with Gasteiger partial charge in [-0.25, -0.2) is 0 Å². The first-order valence-electron chi connectivity index (χ1n) is 7.82. The van der Waals surface area contributed by atoms with Gasteiger partial charge in [-0.05, 0) is 49.2 Å². The summed E-state index contributed by atoms with van der Waals surface area (Å²) in [6.07, 6.45) is 4.11. The normalized spacial score (nSPS) is 27.6. The molecule has 2 aromatic rings. The Morgan fingerprint density at radius 2 is 2.20 bits per heavy atom. The van der Waals surface area contributed by atoms with Gasteiger partial charge in [0.1, 0.15) is 0 Å². The summed E-state index contributed by atoms with van der Waals surface area (Å²) in [5, 5.41) is 5.11. The number of fused-ring (bicyclic) bond motifs is 2. The molecule has 2 atom stereocenters. The smallest absolute Gasteiger partial charge is 0.0346 e. The lowest BCUT2D eigenvalue weighted by molar-refractivity contribution is 0.110. The molecule has 2 fully saturated rings. The van der Waals surface area contributed by atoms with Crippen molar-refractivity contribution in [2.24, 2.45) is 5.92 Å². The number of hydrogen-bond donors (Lipinski definition) is 1. The molecule has 2 aliphatic rings. The largest absolute Gasteiger partial charge is 0.314 e. The molecule has 20 heavy (non-hydrogen) atoms. The number of benzene rings is 1. The number of likely N-dealkylation sites (tertiary alicyclic amines) is 1. The molecule has 3 heterocycles. The van der Waals surface area contributed by atoms with E-state index < -0.39 is 0 Å². The van der Waals surface area contributed by atoms with Crippen LogP contribution in [0.2, 0.25) is 0 Å². The second-order valence-corrected chi connectivity index (χ2v) is 7.41. The number of piperidine rings is 2. The van der Waals surface area contributed by atoms with E-state index in [0.717, 1.165) is 18.5 Å².